The van der Waals surface area contributed by atoms with Crippen LogP contribution in [-0.4, -0.2) is 29.2 Å². The Hall–Kier alpha value is -1.07. The number of H-pyrrole nitrogens is 1. The average molecular weight is 244 g/mol. The topological polar surface area (TPSA) is 67.0 Å². The van der Waals surface area contributed by atoms with Gasteiger partial charge in [0, 0.05) is 19.1 Å². The number of ether oxygens (including phenoxy) is 1. The summed E-state index contributed by atoms with van der Waals surface area (Å²) in [7, 11) is 0. The molecule has 0 saturated carbocycles. The van der Waals surface area contributed by atoms with Crippen LogP contribution in [0.5, 0.6) is 0 Å². The van der Waals surface area contributed by atoms with Gasteiger partial charge in [-0.15, -0.1) is 0 Å². The fourth-order valence-electron chi connectivity index (χ4n) is 1.78. The Morgan fingerprint density at radius 1 is 1.75 bits per heavy atom. The lowest BCUT2D eigenvalue weighted by molar-refractivity contribution is 0.108. The zero-order valence-corrected chi connectivity index (χ0v) is 9.75. The number of aromatic amines is 1. The Morgan fingerprint density at radius 2 is 2.56 bits per heavy atom. The number of anilines is 1. The van der Waals surface area contributed by atoms with Gasteiger partial charge in [0.05, 0.1) is 12.4 Å². The van der Waals surface area contributed by atoms with E-state index in [0.29, 0.717) is 11.7 Å². The first kappa shape index (κ1) is 11.4. The van der Waals surface area contributed by atoms with Crippen LogP contribution in [0.2, 0.25) is 5.02 Å². The molecule has 0 bridgehead atoms. The standard InChI is InChI=1S/C10H14ClN3O2/c1-6-7(2-3-16-6)4-12-9-8(11)10(15)14-5-13-9/h5-7H,2-4H2,1H3,(H2,12,13,14,15). The third-order valence-electron chi connectivity index (χ3n) is 2.86. The van der Waals surface area contributed by atoms with Crippen molar-refractivity contribution in [3.63, 3.8) is 0 Å². The van der Waals surface area contributed by atoms with Gasteiger partial charge in [-0.25, -0.2) is 4.98 Å². The average Bonchev–Trinajstić information content (AvgIpc) is 2.67. The van der Waals surface area contributed by atoms with Crippen molar-refractivity contribution in [1.82, 2.24) is 9.97 Å². The van der Waals surface area contributed by atoms with Gasteiger partial charge in [0.2, 0.25) is 0 Å². The summed E-state index contributed by atoms with van der Waals surface area (Å²) < 4.78 is 5.45. The molecular formula is C10H14ClN3O2. The number of nitrogens with zero attached hydrogens (tertiary/aromatic N) is 1. The molecule has 6 heteroatoms. The number of halogens is 1. The smallest absolute Gasteiger partial charge is 0.271 e. The van der Waals surface area contributed by atoms with Gasteiger partial charge in [0.25, 0.3) is 5.56 Å². The van der Waals surface area contributed by atoms with Gasteiger partial charge in [-0.05, 0) is 13.3 Å². The van der Waals surface area contributed by atoms with Crippen molar-refractivity contribution in [2.45, 2.75) is 19.4 Å². The third kappa shape index (κ3) is 2.36. The van der Waals surface area contributed by atoms with Crippen molar-refractivity contribution in [3.8, 4) is 0 Å². The van der Waals surface area contributed by atoms with Crippen molar-refractivity contribution in [2.24, 2.45) is 5.92 Å². The van der Waals surface area contributed by atoms with Crippen LogP contribution in [0.3, 0.4) is 0 Å². The van der Waals surface area contributed by atoms with Crippen molar-refractivity contribution in [2.75, 3.05) is 18.5 Å². The van der Waals surface area contributed by atoms with Crippen LogP contribution in [-0.2, 0) is 4.74 Å². The Bertz CT molecular complexity index is 421. The highest BCUT2D eigenvalue weighted by atomic mass is 35.5. The molecule has 0 aromatic carbocycles. The summed E-state index contributed by atoms with van der Waals surface area (Å²) in [6.07, 6.45) is 2.60. The Kier molecular flexibility index (Phi) is 3.46. The molecule has 5 nitrogen and oxygen atoms in total. The Balaban J connectivity index is 1.99. The monoisotopic (exact) mass is 243 g/mol. The fourth-order valence-corrected chi connectivity index (χ4v) is 1.95. The number of rotatable bonds is 3. The van der Waals surface area contributed by atoms with Gasteiger partial charge in [-0.1, -0.05) is 11.6 Å². The van der Waals surface area contributed by atoms with Crippen LogP contribution in [0.1, 0.15) is 13.3 Å². The molecule has 88 valence electrons. The molecule has 0 amide bonds. The number of hydrogen-bond donors (Lipinski definition) is 2. The van der Waals surface area contributed by atoms with Gasteiger partial charge in [-0.2, -0.15) is 0 Å². The summed E-state index contributed by atoms with van der Waals surface area (Å²) >= 11 is 5.82. The van der Waals surface area contributed by atoms with Gasteiger partial charge < -0.3 is 15.0 Å². The second-order valence-corrected chi connectivity index (χ2v) is 4.28. The van der Waals surface area contributed by atoms with Crippen LogP contribution in [0.25, 0.3) is 0 Å². The number of hydrogen-bond acceptors (Lipinski definition) is 4. The lowest BCUT2D eigenvalue weighted by atomic mass is 10.0. The third-order valence-corrected chi connectivity index (χ3v) is 3.21. The van der Waals surface area contributed by atoms with Crippen molar-refractivity contribution >= 4 is 17.4 Å². The molecule has 1 aromatic heterocycles. The minimum absolute atomic E-state index is 0.106. The van der Waals surface area contributed by atoms with Gasteiger partial charge in [0.15, 0.2) is 5.82 Å². The van der Waals surface area contributed by atoms with Crippen molar-refractivity contribution in [3.05, 3.63) is 21.7 Å². The molecule has 16 heavy (non-hydrogen) atoms. The van der Waals surface area contributed by atoms with E-state index in [9.17, 15) is 4.79 Å². The number of nitrogens with one attached hydrogen (secondary N) is 2. The van der Waals surface area contributed by atoms with E-state index in [1.165, 1.54) is 6.33 Å². The highest BCUT2D eigenvalue weighted by Gasteiger charge is 2.24. The van der Waals surface area contributed by atoms with Crippen molar-refractivity contribution in [1.29, 1.82) is 0 Å². The molecule has 2 unspecified atom stereocenters. The molecule has 2 N–H and O–H groups in total. The van der Waals surface area contributed by atoms with Crippen LogP contribution >= 0.6 is 11.6 Å². The largest absolute Gasteiger partial charge is 0.378 e. The summed E-state index contributed by atoms with van der Waals surface area (Å²) in [6.45, 7) is 3.56. The second-order valence-electron chi connectivity index (χ2n) is 3.90. The van der Waals surface area contributed by atoms with Crippen LogP contribution < -0.4 is 10.9 Å². The zero-order valence-electron chi connectivity index (χ0n) is 9.00. The quantitative estimate of drug-likeness (QED) is 0.839. The minimum atomic E-state index is -0.324. The van der Waals surface area contributed by atoms with Crippen LogP contribution in [0.15, 0.2) is 11.1 Å². The summed E-state index contributed by atoms with van der Waals surface area (Å²) in [4.78, 5) is 17.6. The molecule has 0 aliphatic carbocycles. The first-order valence-electron chi connectivity index (χ1n) is 5.27. The predicted octanol–water partition coefficient (Wildman–Crippen LogP) is 1.26. The molecule has 1 aromatic rings. The summed E-state index contributed by atoms with van der Waals surface area (Å²) in [5, 5.41) is 3.19. The molecule has 2 rings (SSSR count). The Labute approximate surface area is 98.2 Å². The summed E-state index contributed by atoms with van der Waals surface area (Å²) in [5.74, 6) is 0.877. The lowest BCUT2D eigenvalue weighted by Crippen LogP contribution is -2.22. The molecule has 0 radical (unpaired) electrons. The number of aromatic nitrogens is 2. The van der Waals surface area contributed by atoms with E-state index in [0.717, 1.165) is 19.6 Å². The summed E-state index contributed by atoms with van der Waals surface area (Å²) in [6, 6.07) is 0. The molecule has 1 aliphatic heterocycles. The molecule has 1 saturated heterocycles. The maximum Gasteiger partial charge on any atom is 0.271 e. The molecule has 2 heterocycles. The van der Waals surface area contributed by atoms with Crippen molar-refractivity contribution < 1.29 is 4.74 Å². The van der Waals surface area contributed by atoms with Gasteiger partial charge in [-0.3, -0.25) is 4.79 Å². The van der Waals surface area contributed by atoms with E-state index in [1.807, 2.05) is 6.92 Å². The van der Waals surface area contributed by atoms with Crippen LogP contribution in [0, 0.1) is 5.92 Å². The lowest BCUT2D eigenvalue weighted by Gasteiger charge is -2.15. The van der Waals surface area contributed by atoms with Crippen LogP contribution in [0.4, 0.5) is 5.82 Å². The maximum atomic E-state index is 11.2. The maximum absolute atomic E-state index is 11.2. The summed E-state index contributed by atoms with van der Waals surface area (Å²) in [5.41, 5.74) is -0.324. The van der Waals surface area contributed by atoms with E-state index in [4.69, 9.17) is 16.3 Å². The van der Waals surface area contributed by atoms with E-state index >= 15 is 0 Å². The zero-order chi connectivity index (χ0) is 11.5. The van der Waals surface area contributed by atoms with E-state index in [1.54, 1.807) is 0 Å². The second kappa shape index (κ2) is 4.84. The van der Waals surface area contributed by atoms with Gasteiger partial charge in [0.1, 0.15) is 5.02 Å². The molecule has 1 aliphatic rings. The molecule has 1 fully saturated rings. The highest BCUT2D eigenvalue weighted by Crippen LogP contribution is 2.21. The van der Waals surface area contributed by atoms with Gasteiger partial charge >= 0.3 is 0 Å². The molecule has 0 spiro atoms. The molecule has 2 atom stereocenters. The predicted molar refractivity (Wildman–Crippen MR) is 61.9 cm³/mol. The Morgan fingerprint density at radius 3 is 3.25 bits per heavy atom. The molecular weight excluding hydrogens is 230 g/mol. The minimum Gasteiger partial charge on any atom is -0.378 e. The van der Waals surface area contributed by atoms with E-state index < -0.39 is 0 Å². The first-order chi connectivity index (χ1) is 7.68. The highest BCUT2D eigenvalue weighted by molar-refractivity contribution is 6.32. The van der Waals surface area contributed by atoms with E-state index in [-0.39, 0.29) is 16.7 Å². The SMILES string of the molecule is CC1OCCC1CNc1nc[nH]c(=O)c1Cl. The van der Waals surface area contributed by atoms with E-state index in [2.05, 4.69) is 15.3 Å². The first-order valence-corrected chi connectivity index (χ1v) is 5.65. The normalized spacial score (nSPS) is 24.6. The fraction of sp³-hybridized carbons (Fsp3) is 0.600.